The topological polar surface area (TPSA) is 63.8 Å². The molecule has 3 fully saturated rings. The monoisotopic (exact) mass is 430 g/mol. The number of rotatable bonds is 3. The molecular weight excluding hydrogens is 413 g/mol. The molecule has 30 heavy (non-hydrogen) atoms. The normalized spacial score (nSPS) is 26.6. The van der Waals surface area contributed by atoms with Gasteiger partial charge in [-0.25, -0.2) is 9.97 Å². The van der Waals surface area contributed by atoms with E-state index in [4.69, 9.17) is 4.98 Å². The number of thiophene rings is 1. The zero-order chi connectivity index (χ0) is 20.9. The second-order valence-electron chi connectivity index (χ2n) is 8.75. The van der Waals surface area contributed by atoms with Crippen molar-refractivity contribution in [3.05, 3.63) is 41.5 Å². The fourth-order valence-electron chi connectivity index (χ4n) is 5.16. The van der Waals surface area contributed by atoms with Gasteiger partial charge in [-0.2, -0.15) is 18.3 Å². The number of alkyl halides is 3. The van der Waals surface area contributed by atoms with Crippen molar-refractivity contribution in [3.8, 4) is 11.3 Å². The second-order valence-corrected chi connectivity index (χ2v) is 9.81. The molecule has 3 aliphatic carbocycles. The van der Waals surface area contributed by atoms with Gasteiger partial charge < -0.3 is 5.11 Å². The van der Waals surface area contributed by atoms with Crippen LogP contribution >= 0.6 is 11.3 Å². The van der Waals surface area contributed by atoms with Crippen molar-refractivity contribution in [1.29, 1.82) is 0 Å². The van der Waals surface area contributed by atoms with Crippen LogP contribution in [0.1, 0.15) is 30.2 Å². The van der Waals surface area contributed by atoms with Crippen LogP contribution in [-0.4, -0.2) is 31.0 Å². The standard InChI is InChI=1S/C21H17F3N4OS/c1-28-7-13-4-12(6-25-17(13)27-28)14-3-2-11-5-15(30-18(11)26-14)16(29)19-8-20(9-19,10-19)21(22,23)24/h2-7,16,29H,8-10H2,1H3/t16-,19?,20?/m0/s1. The van der Waals surface area contributed by atoms with Crippen LogP contribution in [-0.2, 0) is 7.05 Å². The predicted octanol–water partition coefficient (Wildman–Crippen LogP) is 5.01. The molecule has 0 spiro atoms. The Bertz CT molecular complexity index is 1310. The maximum atomic E-state index is 13.1. The first-order chi connectivity index (χ1) is 14.2. The van der Waals surface area contributed by atoms with Crippen molar-refractivity contribution in [1.82, 2.24) is 19.7 Å². The number of hydrogen-bond acceptors (Lipinski definition) is 5. The molecule has 0 aliphatic heterocycles. The molecule has 0 saturated heterocycles. The summed E-state index contributed by atoms with van der Waals surface area (Å²) in [5.41, 5.74) is 0.0892. The lowest BCUT2D eigenvalue weighted by Crippen LogP contribution is -2.69. The fraction of sp³-hybridized carbons (Fsp3) is 0.381. The molecule has 5 nitrogen and oxygen atoms in total. The predicted molar refractivity (Wildman–Crippen MR) is 107 cm³/mol. The third kappa shape index (κ3) is 2.36. The summed E-state index contributed by atoms with van der Waals surface area (Å²) in [6.07, 6.45) is -1.36. The van der Waals surface area contributed by atoms with Crippen molar-refractivity contribution in [3.63, 3.8) is 0 Å². The molecule has 154 valence electrons. The Morgan fingerprint density at radius 1 is 1.17 bits per heavy atom. The molecule has 0 radical (unpaired) electrons. The van der Waals surface area contributed by atoms with Gasteiger partial charge in [-0.1, -0.05) is 0 Å². The van der Waals surface area contributed by atoms with Crippen LogP contribution < -0.4 is 0 Å². The van der Waals surface area contributed by atoms with Gasteiger partial charge in [-0.05, 0) is 43.5 Å². The summed E-state index contributed by atoms with van der Waals surface area (Å²) in [5.74, 6) is 0. The van der Waals surface area contributed by atoms with Crippen LogP contribution in [0.3, 0.4) is 0 Å². The highest BCUT2D eigenvalue weighted by Gasteiger charge is 2.80. The summed E-state index contributed by atoms with van der Waals surface area (Å²) in [5, 5.41) is 16.9. The molecule has 7 rings (SSSR count). The zero-order valence-corrected chi connectivity index (χ0v) is 16.8. The Kier molecular flexibility index (Phi) is 3.40. The van der Waals surface area contributed by atoms with Crippen LogP contribution in [0.5, 0.6) is 0 Å². The molecule has 0 aromatic carbocycles. The molecule has 0 amide bonds. The van der Waals surface area contributed by atoms with E-state index in [-0.39, 0.29) is 19.3 Å². The Morgan fingerprint density at radius 3 is 2.67 bits per heavy atom. The first-order valence-electron chi connectivity index (χ1n) is 9.63. The lowest BCUT2D eigenvalue weighted by molar-refractivity contribution is -0.382. The average molecular weight is 430 g/mol. The van der Waals surface area contributed by atoms with Crippen LogP contribution in [0, 0.1) is 10.8 Å². The number of aromatic nitrogens is 4. The molecule has 0 unspecified atom stereocenters. The van der Waals surface area contributed by atoms with Gasteiger partial charge >= 0.3 is 6.18 Å². The minimum Gasteiger partial charge on any atom is -0.387 e. The zero-order valence-electron chi connectivity index (χ0n) is 15.9. The van der Waals surface area contributed by atoms with E-state index in [1.807, 2.05) is 37.5 Å². The van der Waals surface area contributed by atoms with Gasteiger partial charge in [-0.3, -0.25) is 4.68 Å². The molecule has 9 heteroatoms. The van der Waals surface area contributed by atoms with E-state index < -0.39 is 23.1 Å². The minimum atomic E-state index is -4.17. The van der Waals surface area contributed by atoms with Gasteiger partial charge in [0.25, 0.3) is 0 Å². The van der Waals surface area contributed by atoms with Crippen LogP contribution in [0.2, 0.25) is 0 Å². The van der Waals surface area contributed by atoms with Gasteiger partial charge in [0, 0.05) is 46.1 Å². The summed E-state index contributed by atoms with van der Waals surface area (Å²) in [6, 6.07) is 7.65. The van der Waals surface area contributed by atoms with Gasteiger partial charge in [0.2, 0.25) is 0 Å². The molecule has 4 aromatic heterocycles. The Morgan fingerprint density at radius 2 is 1.93 bits per heavy atom. The number of pyridine rings is 2. The largest absolute Gasteiger partial charge is 0.394 e. The van der Waals surface area contributed by atoms with Crippen molar-refractivity contribution >= 4 is 32.6 Å². The van der Waals surface area contributed by atoms with E-state index in [1.165, 1.54) is 11.3 Å². The van der Waals surface area contributed by atoms with Gasteiger partial charge in [-0.15, -0.1) is 11.3 Å². The quantitative estimate of drug-likeness (QED) is 0.496. The summed E-state index contributed by atoms with van der Waals surface area (Å²) < 4.78 is 41.1. The summed E-state index contributed by atoms with van der Waals surface area (Å²) >= 11 is 1.35. The maximum absolute atomic E-state index is 13.1. The van der Waals surface area contributed by atoms with Crippen LogP contribution in [0.25, 0.3) is 32.5 Å². The van der Waals surface area contributed by atoms with Gasteiger partial charge in [0.1, 0.15) is 4.83 Å². The number of nitrogens with zero attached hydrogens (tertiary/aromatic N) is 4. The molecule has 4 aromatic rings. The van der Waals surface area contributed by atoms with E-state index >= 15 is 0 Å². The molecule has 1 atom stereocenters. The highest BCUT2D eigenvalue weighted by Crippen LogP contribution is 2.81. The number of halogens is 3. The number of aliphatic hydroxyl groups excluding tert-OH is 1. The SMILES string of the molecule is Cn1cc2cc(-c3ccc4cc([C@H](O)C56CC(C(F)(F)F)(C5)C6)sc4n3)cnc2n1. The first-order valence-corrected chi connectivity index (χ1v) is 10.4. The summed E-state index contributed by atoms with van der Waals surface area (Å²) in [4.78, 5) is 10.5. The minimum absolute atomic E-state index is 0.0222. The third-order valence-corrected chi connectivity index (χ3v) is 7.79. The number of hydrogen-bond donors (Lipinski definition) is 1. The van der Waals surface area contributed by atoms with Gasteiger partial charge in [0.15, 0.2) is 5.65 Å². The highest BCUT2D eigenvalue weighted by atomic mass is 32.1. The van der Waals surface area contributed by atoms with E-state index in [0.29, 0.717) is 10.5 Å². The lowest BCUT2D eigenvalue weighted by Gasteiger charge is -2.71. The number of fused-ring (bicyclic) bond motifs is 2. The van der Waals surface area contributed by atoms with Crippen molar-refractivity contribution < 1.29 is 18.3 Å². The molecular formula is C21H17F3N4OS. The number of aryl methyl sites for hydroxylation is 1. The Balaban J connectivity index is 1.30. The molecule has 2 bridgehead atoms. The van der Waals surface area contributed by atoms with Crippen molar-refractivity contribution in [2.24, 2.45) is 17.9 Å². The maximum Gasteiger partial charge on any atom is 0.394 e. The summed E-state index contributed by atoms with van der Waals surface area (Å²) in [6.45, 7) is 0. The van der Waals surface area contributed by atoms with Crippen molar-refractivity contribution in [2.75, 3.05) is 0 Å². The van der Waals surface area contributed by atoms with E-state index in [2.05, 4.69) is 10.1 Å². The average Bonchev–Trinajstić information content (AvgIpc) is 3.18. The third-order valence-electron chi connectivity index (χ3n) is 6.69. The molecule has 1 N–H and O–H groups in total. The lowest BCUT2D eigenvalue weighted by atomic mass is 9.33. The molecule has 3 saturated carbocycles. The highest BCUT2D eigenvalue weighted by molar-refractivity contribution is 7.18. The first kappa shape index (κ1) is 18.3. The van der Waals surface area contributed by atoms with Crippen LogP contribution in [0.4, 0.5) is 13.2 Å². The number of aliphatic hydroxyl groups is 1. The van der Waals surface area contributed by atoms with E-state index in [9.17, 15) is 18.3 Å². The van der Waals surface area contributed by atoms with Gasteiger partial charge in [0.05, 0.1) is 17.2 Å². The van der Waals surface area contributed by atoms with Crippen LogP contribution in [0.15, 0.2) is 36.7 Å². The second kappa shape index (κ2) is 5.59. The summed E-state index contributed by atoms with van der Waals surface area (Å²) in [7, 11) is 1.84. The smallest absolute Gasteiger partial charge is 0.387 e. The van der Waals surface area contributed by atoms with E-state index in [1.54, 1.807) is 10.9 Å². The molecule has 4 heterocycles. The molecule has 3 aliphatic rings. The van der Waals surface area contributed by atoms with Crippen molar-refractivity contribution in [2.45, 2.75) is 31.5 Å². The Labute approximate surface area is 173 Å². The van der Waals surface area contributed by atoms with E-state index in [0.717, 1.165) is 26.9 Å². The fourth-order valence-corrected chi connectivity index (χ4v) is 6.32. The Hall–Kier alpha value is -2.52.